The van der Waals surface area contributed by atoms with E-state index in [9.17, 15) is 0 Å². The third-order valence-electron chi connectivity index (χ3n) is 4.15. The van der Waals surface area contributed by atoms with Crippen LogP contribution in [0.4, 0.5) is 5.82 Å². The van der Waals surface area contributed by atoms with Crippen LogP contribution in [0.2, 0.25) is 0 Å². The first kappa shape index (κ1) is 18.7. The smallest absolute Gasteiger partial charge is 0.191 e. The highest BCUT2D eigenvalue weighted by atomic mass is 32.1. The summed E-state index contributed by atoms with van der Waals surface area (Å²) in [4.78, 5) is 12.8. The Kier molecular flexibility index (Phi) is 6.85. The van der Waals surface area contributed by atoms with Gasteiger partial charge in [0.05, 0.1) is 25.8 Å². The molecule has 3 rings (SSSR count). The zero-order valence-electron chi connectivity index (χ0n) is 15.4. The predicted molar refractivity (Wildman–Crippen MR) is 108 cm³/mol. The summed E-state index contributed by atoms with van der Waals surface area (Å²) in [6, 6.07) is 8.37. The minimum atomic E-state index is 0.256. The van der Waals surface area contributed by atoms with E-state index < -0.39 is 0 Å². The van der Waals surface area contributed by atoms with E-state index in [0.29, 0.717) is 6.54 Å². The molecule has 7 heteroatoms. The van der Waals surface area contributed by atoms with Crippen LogP contribution in [0.25, 0.3) is 0 Å². The van der Waals surface area contributed by atoms with E-state index in [4.69, 9.17) is 4.74 Å². The van der Waals surface area contributed by atoms with Crippen LogP contribution >= 0.6 is 11.3 Å². The van der Waals surface area contributed by atoms with Crippen molar-refractivity contribution in [1.82, 2.24) is 15.6 Å². The Labute approximate surface area is 159 Å². The van der Waals surface area contributed by atoms with E-state index in [-0.39, 0.29) is 6.10 Å². The third kappa shape index (κ3) is 5.44. The molecule has 0 aliphatic carbocycles. The Bertz CT molecular complexity index is 686. The lowest BCUT2D eigenvalue weighted by Crippen LogP contribution is -2.41. The van der Waals surface area contributed by atoms with Crippen molar-refractivity contribution in [3.05, 3.63) is 46.3 Å². The molecule has 2 N–H and O–H groups in total. The molecule has 0 saturated carbocycles. The number of hydrogen-bond donors (Lipinski definition) is 2. The second kappa shape index (κ2) is 9.54. The average Bonchev–Trinajstić information content (AvgIpc) is 3.18. The fourth-order valence-corrected chi connectivity index (χ4v) is 3.46. The van der Waals surface area contributed by atoms with Gasteiger partial charge in [0, 0.05) is 30.7 Å². The molecule has 0 amide bonds. The normalized spacial score (nSPS) is 18.0. The lowest BCUT2D eigenvalue weighted by molar-refractivity contribution is 0.0529. The van der Waals surface area contributed by atoms with Crippen molar-refractivity contribution in [2.45, 2.75) is 33.0 Å². The first-order chi connectivity index (χ1) is 12.7. The molecule has 0 bridgehead atoms. The first-order valence-electron chi connectivity index (χ1n) is 9.10. The first-order valence-corrected chi connectivity index (χ1v) is 9.98. The van der Waals surface area contributed by atoms with Crippen molar-refractivity contribution < 1.29 is 4.74 Å². The highest BCUT2D eigenvalue weighted by Crippen LogP contribution is 2.15. The van der Waals surface area contributed by atoms with Crippen LogP contribution in [0, 0.1) is 0 Å². The number of thiophene rings is 1. The minimum absolute atomic E-state index is 0.256. The predicted octanol–water partition coefficient (Wildman–Crippen LogP) is 2.62. The zero-order valence-corrected chi connectivity index (χ0v) is 16.3. The number of nitrogens with one attached hydrogen (secondary N) is 2. The molecular weight excluding hydrogens is 346 g/mol. The Balaban J connectivity index is 1.56. The van der Waals surface area contributed by atoms with Crippen LogP contribution in [0.15, 0.2) is 40.8 Å². The Hall–Kier alpha value is -2.12. The van der Waals surface area contributed by atoms with Gasteiger partial charge >= 0.3 is 0 Å². The maximum absolute atomic E-state index is 5.59. The highest BCUT2D eigenvalue weighted by Gasteiger charge is 2.17. The van der Waals surface area contributed by atoms with Gasteiger partial charge in [-0.05, 0) is 36.9 Å². The van der Waals surface area contributed by atoms with Crippen LogP contribution in [-0.2, 0) is 17.8 Å². The monoisotopic (exact) mass is 373 g/mol. The van der Waals surface area contributed by atoms with E-state index in [0.717, 1.165) is 50.1 Å². The third-order valence-corrected chi connectivity index (χ3v) is 5.02. The van der Waals surface area contributed by atoms with E-state index in [1.165, 1.54) is 4.88 Å². The van der Waals surface area contributed by atoms with Gasteiger partial charge in [-0.15, -0.1) is 11.3 Å². The van der Waals surface area contributed by atoms with Gasteiger partial charge in [0.2, 0.25) is 0 Å². The molecule has 26 heavy (non-hydrogen) atoms. The number of pyridine rings is 1. The number of hydrogen-bond acceptors (Lipinski definition) is 5. The fraction of sp³-hybridized carbons (Fsp3) is 0.474. The van der Waals surface area contributed by atoms with Crippen molar-refractivity contribution in [2.24, 2.45) is 4.99 Å². The number of ether oxygens (including phenoxy) is 1. The summed E-state index contributed by atoms with van der Waals surface area (Å²) in [6.45, 7) is 8.94. The van der Waals surface area contributed by atoms with Gasteiger partial charge < -0.3 is 20.3 Å². The molecule has 0 radical (unpaired) electrons. The quantitative estimate of drug-likeness (QED) is 0.602. The van der Waals surface area contributed by atoms with E-state index >= 15 is 0 Å². The number of aliphatic imine (C=N–C) groups is 1. The molecular formula is C19H27N5OS. The molecule has 0 spiro atoms. The largest absolute Gasteiger partial charge is 0.375 e. The second-order valence-corrected chi connectivity index (χ2v) is 7.31. The van der Waals surface area contributed by atoms with Crippen molar-refractivity contribution in [3.63, 3.8) is 0 Å². The van der Waals surface area contributed by atoms with Crippen molar-refractivity contribution in [3.8, 4) is 0 Å². The molecule has 140 valence electrons. The van der Waals surface area contributed by atoms with Gasteiger partial charge in [-0.25, -0.2) is 9.98 Å². The van der Waals surface area contributed by atoms with Crippen LogP contribution in [0.1, 0.15) is 24.3 Å². The molecule has 0 aromatic carbocycles. The van der Waals surface area contributed by atoms with Gasteiger partial charge in [0.25, 0.3) is 0 Å². The number of morpholine rings is 1. The summed E-state index contributed by atoms with van der Waals surface area (Å²) in [5, 5.41) is 8.74. The maximum Gasteiger partial charge on any atom is 0.191 e. The van der Waals surface area contributed by atoms with E-state index in [2.05, 4.69) is 69.0 Å². The summed E-state index contributed by atoms with van der Waals surface area (Å²) >= 11 is 1.74. The van der Waals surface area contributed by atoms with E-state index in [1.54, 1.807) is 11.3 Å². The number of nitrogens with zero attached hydrogens (tertiary/aromatic N) is 3. The number of aromatic nitrogens is 1. The molecule has 1 fully saturated rings. The summed E-state index contributed by atoms with van der Waals surface area (Å²) in [5.41, 5.74) is 1.10. The fourth-order valence-electron chi connectivity index (χ4n) is 2.82. The molecule has 1 unspecified atom stereocenters. The Morgan fingerprint density at radius 1 is 1.38 bits per heavy atom. The standard InChI is InChI=1S/C19H27N5OS/c1-3-20-19(23-13-17-5-4-10-26-17)22-12-16-6-7-18(21-11-16)24-8-9-25-15(2)14-24/h4-7,10-11,15H,3,8-9,12-14H2,1-2H3,(H2,20,22,23). The van der Waals surface area contributed by atoms with Gasteiger partial charge in [-0.2, -0.15) is 0 Å². The van der Waals surface area contributed by atoms with Crippen LogP contribution < -0.4 is 15.5 Å². The molecule has 1 saturated heterocycles. The number of guanidine groups is 1. The summed E-state index contributed by atoms with van der Waals surface area (Å²) < 4.78 is 5.59. The Morgan fingerprint density at radius 3 is 3.00 bits per heavy atom. The van der Waals surface area contributed by atoms with Crippen molar-refractivity contribution >= 4 is 23.1 Å². The van der Waals surface area contributed by atoms with Crippen molar-refractivity contribution in [2.75, 3.05) is 31.1 Å². The van der Waals surface area contributed by atoms with Crippen LogP contribution in [0.3, 0.4) is 0 Å². The maximum atomic E-state index is 5.59. The highest BCUT2D eigenvalue weighted by molar-refractivity contribution is 7.09. The van der Waals surface area contributed by atoms with Gasteiger partial charge in [0.15, 0.2) is 5.96 Å². The topological polar surface area (TPSA) is 61.8 Å². The van der Waals surface area contributed by atoms with Crippen LogP contribution in [0.5, 0.6) is 0 Å². The van der Waals surface area contributed by atoms with Gasteiger partial charge in [0.1, 0.15) is 5.82 Å². The minimum Gasteiger partial charge on any atom is -0.375 e. The SMILES string of the molecule is CCNC(=NCc1ccc(N2CCOC(C)C2)nc1)NCc1cccs1. The molecule has 1 atom stereocenters. The summed E-state index contributed by atoms with van der Waals surface area (Å²) in [7, 11) is 0. The summed E-state index contributed by atoms with van der Waals surface area (Å²) in [5.74, 6) is 1.84. The molecule has 6 nitrogen and oxygen atoms in total. The van der Waals surface area contributed by atoms with Crippen molar-refractivity contribution in [1.29, 1.82) is 0 Å². The molecule has 3 heterocycles. The lowest BCUT2D eigenvalue weighted by atomic mass is 10.2. The lowest BCUT2D eigenvalue weighted by Gasteiger charge is -2.32. The number of anilines is 1. The Morgan fingerprint density at radius 2 is 2.31 bits per heavy atom. The second-order valence-electron chi connectivity index (χ2n) is 6.28. The molecule has 2 aromatic heterocycles. The van der Waals surface area contributed by atoms with Gasteiger partial charge in [-0.1, -0.05) is 12.1 Å². The van der Waals surface area contributed by atoms with Crippen LogP contribution in [-0.4, -0.2) is 43.3 Å². The number of rotatable bonds is 6. The molecule has 1 aliphatic heterocycles. The van der Waals surface area contributed by atoms with Gasteiger partial charge in [-0.3, -0.25) is 0 Å². The zero-order chi connectivity index (χ0) is 18.2. The molecule has 1 aliphatic rings. The van der Waals surface area contributed by atoms with E-state index in [1.807, 2.05) is 6.20 Å². The molecule has 2 aromatic rings. The summed E-state index contributed by atoms with van der Waals surface area (Å²) in [6.07, 6.45) is 2.17. The average molecular weight is 374 g/mol.